The molecule has 110 valence electrons. The summed E-state index contributed by atoms with van der Waals surface area (Å²) in [4.78, 5) is 0. The Kier molecular flexibility index (Phi) is 3.85. The summed E-state index contributed by atoms with van der Waals surface area (Å²) in [5, 5.41) is 13.9. The van der Waals surface area contributed by atoms with Crippen molar-refractivity contribution in [1.29, 1.82) is 0 Å². The molecule has 0 saturated heterocycles. The van der Waals surface area contributed by atoms with Crippen LogP contribution in [0.2, 0.25) is 0 Å². The monoisotopic (exact) mass is 277 g/mol. The molecule has 1 heterocycles. The summed E-state index contributed by atoms with van der Waals surface area (Å²) in [6, 6.07) is 5.68. The van der Waals surface area contributed by atoms with Crippen LogP contribution in [-0.2, 0) is 0 Å². The molecule has 0 bridgehead atoms. The molecular formula is C16H23NO3. The van der Waals surface area contributed by atoms with Gasteiger partial charge in [-0.2, -0.15) is 0 Å². The van der Waals surface area contributed by atoms with Gasteiger partial charge in [0, 0.05) is 12.1 Å². The molecule has 3 rings (SSSR count). The maximum absolute atomic E-state index is 10.3. The lowest BCUT2D eigenvalue weighted by Gasteiger charge is -2.27. The summed E-state index contributed by atoms with van der Waals surface area (Å²) >= 11 is 0. The van der Waals surface area contributed by atoms with Crippen molar-refractivity contribution >= 4 is 0 Å². The smallest absolute Gasteiger partial charge is 0.161 e. The highest BCUT2D eigenvalue weighted by Gasteiger charge is 2.28. The lowest BCUT2D eigenvalue weighted by Crippen LogP contribution is -2.41. The zero-order valence-electron chi connectivity index (χ0n) is 12.0. The van der Waals surface area contributed by atoms with E-state index in [0.717, 1.165) is 17.1 Å². The van der Waals surface area contributed by atoms with Crippen molar-refractivity contribution in [2.75, 3.05) is 19.8 Å². The Hall–Kier alpha value is -1.26. The van der Waals surface area contributed by atoms with Gasteiger partial charge < -0.3 is 19.9 Å². The van der Waals surface area contributed by atoms with Gasteiger partial charge in [-0.05, 0) is 37.5 Å². The minimum Gasteiger partial charge on any atom is -0.486 e. The van der Waals surface area contributed by atoms with Crippen molar-refractivity contribution in [2.24, 2.45) is 0 Å². The number of hydrogen-bond acceptors (Lipinski definition) is 4. The van der Waals surface area contributed by atoms with Crippen molar-refractivity contribution in [2.45, 2.75) is 44.2 Å². The lowest BCUT2D eigenvalue weighted by atomic mass is 9.99. The van der Waals surface area contributed by atoms with Gasteiger partial charge in [-0.1, -0.05) is 18.9 Å². The average Bonchev–Trinajstić information content (AvgIpc) is 2.91. The molecular weight excluding hydrogens is 254 g/mol. The van der Waals surface area contributed by atoms with Crippen LogP contribution < -0.4 is 14.8 Å². The summed E-state index contributed by atoms with van der Waals surface area (Å²) in [6.45, 7) is 3.99. The van der Waals surface area contributed by atoms with E-state index in [-0.39, 0.29) is 5.54 Å². The van der Waals surface area contributed by atoms with Crippen LogP contribution in [0.5, 0.6) is 11.5 Å². The molecule has 4 heteroatoms. The fraction of sp³-hybridized carbons (Fsp3) is 0.625. The maximum Gasteiger partial charge on any atom is 0.161 e. The molecule has 2 aliphatic rings. The van der Waals surface area contributed by atoms with Gasteiger partial charge in [-0.3, -0.25) is 0 Å². The average molecular weight is 277 g/mol. The third-order valence-corrected chi connectivity index (χ3v) is 4.38. The molecule has 1 saturated carbocycles. The van der Waals surface area contributed by atoms with E-state index in [1.54, 1.807) is 0 Å². The van der Waals surface area contributed by atoms with Gasteiger partial charge in [0.2, 0.25) is 0 Å². The first-order chi connectivity index (χ1) is 9.66. The van der Waals surface area contributed by atoms with Crippen LogP contribution in [0.1, 0.15) is 44.3 Å². The predicted molar refractivity (Wildman–Crippen MR) is 77.3 cm³/mol. The highest BCUT2D eigenvalue weighted by atomic mass is 16.6. The molecule has 0 radical (unpaired) electrons. The molecule has 1 unspecified atom stereocenters. The molecule has 1 atom stereocenters. The van der Waals surface area contributed by atoms with Crippen molar-refractivity contribution in [1.82, 2.24) is 5.32 Å². The second-order valence-corrected chi connectivity index (χ2v) is 6.07. The van der Waals surface area contributed by atoms with E-state index in [9.17, 15) is 5.11 Å². The molecule has 0 aromatic heterocycles. The van der Waals surface area contributed by atoms with Gasteiger partial charge in [0.1, 0.15) is 13.2 Å². The van der Waals surface area contributed by atoms with E-state index in [2.05, 4.69) is 12.2 Å². The molecule has 0 spiro atoms. The quantitative estimate of drug-likeness (QED) is 0.887. The van der Waals surface area contributed by atoms with Crippen LogP contribution in [0.25, 0.3) is 0 Å². The van der Waals surface area contributed by atoms with Crippen LogP contribution >= 0.6 is 0 Å². The third-order valence-electron chi connectivity index (χ3n) is 4.38. The Morgan fingerprint density at radius 2 is 1.90 bits per heavy atom. The minimum atomic E-state index is -0.511. The summed E-state index contributed by atoms with van der Waals surface area (Å²) in [6.07, 6.45) is 4.44. The van der Waals surface area contributed by atoms with E-state index in [4.69, 9.17) is 9.47 Å². The van der Waals surface area contributed by atoms with Crippen LogP contribution in [0.3, 0.4) is 0 Å². The zero-order chi connectivity index (χ0) is 14.0. The Morgan fingerprint density at radius 3 is 2.65 bits per heavy atom. The number of fused-ring (bicyclic) bond motifs is 1. The standard InChI is InChI=1S/C16H23NO3/c1-16(6-2-3-7-16)17-11-13(18)12-4-5-14-15(10-12)20-9-8-19-14/h4-5,10,13,17-18H,2-3,6-9,11H2,1H3. The van der Waals surface area contributed by atoms with Crippen LogP contribution in [0.4, 0.5) is 0 Å². The van der Waals surface area contributed by atoms with Crippen LogP contribution in [0.15, 0.2) is 18.2 Å². The summed E-state index contributed by atoms with van der Waals surface area (Å²) in [7, 11) is 0. The normalized spacial score (nSPS) is 21.7. The molecule has 1 aliphatic heterocycles. The number of β-amino-alcohol motifs (C(OH)–C–C–N with tert-alkyl or cyclic N) is 1. The predicted octanol–water partition coefficient (Wildman–Crippen LogP) is 2.41. The van der Waals surface area contributed by atoms with E-state index in [1.165, 1.54) is 25.7 Å². The van der Waals surface area contributed by atoms with Gasteiger partial charge in [0.25, 0.3) is 0 Å². The molecule has 1 fully saturated rings. The zero-order valence-corrected chi connectivity index (χ0v) is 12.0. The van der Waals surface area contributed by atoms with Crippen molar-refractivity contribution in [3.05, 3.63) is 23.8 Å². The number of rotatable bonds is 4. The van der Waals surface area contributed by atoms with Crippen LogP contribution in [-0.4, -0.2) is 30.4 Å². The number of aliphatic hydroxyl groups excluding tert-OH is 1. The van der Waals surface area contributed by atoms with E-state index >= 15 is 0 Å². The van der Waals surface area contributed by atoms with Gasteiger partial charge >= 0.3 is 0 Å². The Morgan fingerprint density at radius 1 is 1.20 bits per heavy atom. The number of aliphatic hydroxyl groups is 1. The Labute approximate surface area is 120 Å². The Balaban J connectivity index is 1.63. The highest BCUT2D eigenvalue weighted by molar-refractivity contribution is 5.44. The third kappa shape index (κ3) is 2.91. The highest BCUT2D eigenvalue weighted by Crippen LogP contribution is 2.33. The van der Waals surface area contributed by atoms with Crippen LogP contribution in [0, 0.1) is 0 Å². The molecule has 1 aromatic rings. The number of nitrogens with one attached hydrogen (secondary N) is 1. The first-order valence-corrected chi connectivity index (χ1v) is 7.49. The molecule has 1 aromatic carbocycles. The fourth-order valence-electron chi connectivity index (χ4n) is 3.06. The van der Waals surface area contributed by atoms with Gasteiger partial charge in [0.15, 0.2) is 11.5 Å². The van der Waals surface area contributed by atoms with Gasteiger partial charge in [-0.15, -0.1) is 0 Å². The van der Waals surface area contributed by atoms with Crippen molar-refractivity contribution in [3.63, 3.8) is 0 Å². The largest absolute Gasteiger partial charge is 0.486 e. The summed E-state index contributed by atoms with van der Waals surface area (Å²) in [5.74, 6) is 1.50. The Bertz CT molecular complexity index is 469. The van der Waals surface area contributed by atoms with E-state index in [1.807, 2.05) is 18.2 Å². The van der Waals surface area contributed by atoms with Crippen molar-refractivity contribution in [3.8, 4) is 11.5 Å². The maximum atomic E-state index is 10.3. The summed E-state index contributed by atoms with van der Waals surface area (Å²) in [5.41, 5.74) is 1.07. The number of benzene rings is 1. The molecule has 1 aliphatic carbocycles. The van der Waals surface area contributed by atoms with Crippen molar-refractivity contribution < 1.29 is 14.6 Å². The van der Waals surface area contributed by atoms with E-state index < -0.39 is 6.10 Å². The molecule has 2 N–H and O–H groups in total. The lowest BCUT2D eigenvalue weighted by molar-refractivity contribution is 0.154. The minimum absolute atomic E-state index is 0.189. The molecule has 4 nitrogen and oxygen atoms in total. The first-order valence-electron chi connectivity index (χ1n) is 7.49. The first kappa shape index (κ1) is 13.7. The van der Waals surface area contributed by atoms with Gasteiger partial charge in [0.05, 0.1) is 6.10 Å². The summed E-state index contributed by atoms with van der Waals surface area (Å²) < 4.78 is 11.0. The SMILES string of the molecule is CC1(NCC(O)c2ccc3c(c2)OCCO3)CCCC1. The number of hydrogen-bond donors (Lipinski definition) is 2. The second kappa shape index (κ2) is 5.62. The second-order valence-electron chi connectivity index (χ2n) is 6.07. The topological polar surface area (TPSA) is 50.7 Å². The molecule has 0 amide bonds. The molecule has 20 heavy (non-hydrogen) atoms. The van der Waals surface area contributed by atoms with E-state index in [0.29, 0.717) is 19.8 Å². The number of ether oxygens (including phenoxy) is 2. The van der Waals surface area contributed by atoms with Gasteiger partial charge in [-0.25, -0.2) is 0 Å². The fourth-order valence-corrected chi connectivity index (χ4v) is 3.06.